The monoisotopic (exact) mass is 608 g/mol. The van der Waals surface area contributed by atoms with Crippen molar-refractivity contribution >= 4 is 42.4 Å². The van der Waals surface area contributed by atoms with Gasteiger partial charge in [-0.15, -0.1) is 12.4 Å². The maximum atomic E-state index is 12.8. The molecule has 0 saturated heterocycles. The van der Waals surface area contributed by atoms with Crippen LogP contribution in [-0.4, -0.2) is 47.2 Å². The second-order valence-electron chi connectivity index (χ2n) is 9.90. The van der Waals surface area contributed by atoms with Crippen molar-refractivity contribution in [2.45, 2.75) is 65.0 Å². The summed E-state index contributed by atoms with van der Waals surface area (Å²) in [4.78, 5) is 40.6. The molecule has 0 spiro atoms. The van der Waals surface area contributed by atoms with Crippen molar-refractivity contribution in [3.63, 3.8) is 0 Å². The summed E-state index contributed by atoms with van der Waals surface area (Å²) in [6.07, 6.45) is 7.55. The summed E-state index contributed by atoms with van der Waals surface area (Å²) in [7, 11) is 0. The van der Waals surface area contributed by atoms with Gasteiger partial charge in [-0.25, -0.2) is 4.79 Å². The van der Waals surface area contributed by atoms with E-state index in [0.29, 0.717) is 18.8 Å². The predicted molar refractivity (Wildman–Crippen MR) is 170 cm³/mol. The molecule has 0 unspecified atom stereocenters. The molecule has 3 rings (SSSR count). The first-order valence-corrected chi connectivity index (χ1v) is 14.5. The molecule has 43 heavy (non-hydrogen) atoms. The number of hydrogen-bond donors (Lipinski definition) is 2. The van der Waals surface area contributed by atoms with E-state index in [1.165, 1.54) is 11.1 Å². The maximum Gasteiger partial charge on any atom is 0.328 e. The van der Waals surface area contributed by atoms with Gasteiger partial charge >= 0.3 is 11.9 Å². The van der Waals surface area contributed by atoms with Crippen LogP contribution < -0.4 is 5.32 Å². The molecule has 0 saturated carbocycles. The lowest BCUT2D eigenvalue weighted by Gasteiger charge is -2.16. The van der Waals surface area contributed by atoms with Crippen molar-refractivity contribution in [3.8, 4) is 0 Å². The first-order valence-electron chi connectivity index (χ1n) is 14.5. The lowest BCUT2D eigenvalue weighted by Crippen LogP contribution is -2.42. The molecule has 0 aliphatic rings. The second kappa shape index (κ2) is 19.2. The number of hydrogen-bond acceptors (Lipinski definition) is 6. The second-order valence-corrected chi connectivity index (χ2v) is 9.90. The molecule has 1 atom stereocenters. The molecule has 1 amide bonds. The molecule has 1 heterocycles. The minimum atomic E-state index is -1.06. The van der Waals surface area contributed by atoms with Crippen molar-refractivity contribution in [1.82, 2.24) is 10.3 Å². The number of halogens is 1. The largest absolute Gasteiger partial charge is 0.481 e. The van der Waals surface area contributed by atoms with Gasteiger partial charge < -0.3 is 19.9 Å². The van der Waals surface area contributed by atoms with E-state index in [0.717, 1.165) is 42.6 Å². The Morgan fingerprint density at radius 1 is 0.953 bits per heavy atom. The summed E-state index contributed by atoms with van der Waals surface area (Å²) < 4.78 is 10.8. The average molecular weight is 609 g/mol. The van der Waals surface area contributed by atoms with E-state index >= 15 is 0 Å². The number of carbonyl (C=O) groups excluding carboxylic acids is 2. The molecule has 2 N–H and O–H groups in total. The van der Waals surface area contributed by atoms with Crippen molar-refractivity contribution in [2.75, 3.05) is 13.2 Å². The number of benzene rings is 2. The van der Waals surface area contributed by atoms with Crippen LogP contribution in [0.1, 0.15) is 78.0 Å². The normalized spacial score (nSPS) is 11.5. The molecule has 3 aromatic rings. The number of rotatable bonds is 17. The number of aryl methyl sites for hydroxylation is 2. The Morgan fingerprint density at radius 2 is 1.70 bits per heavy atom. The van der Waals surface area contributed by atoms with Gasteiger partial charge in [-0.3, -0.25) is 14.6 Å². The summed E-state index contributed by atoms with van der Waals surface area (Å²) in [6, 6.07) is 20.4. The minimum absolute atomic E-state index is 0. The Balaban J connectivity index is 0.00000645. The number of aromatic nitrogens is 1. The van der Waals surface area contributed by atoms with Gasteiger partial charge in [-0.2, -0.15) is 0 Å². The van der Waals surface area contributed by atoms with Gasteiger partial charge in [0.15, 0.2) is 0 Å². The number of pyridine rings is 1. The van der Waals surface area contributed by atoms with Crippen LogP contribution in [0, 0.1) is 0 Å². The minimum Gasteiger partial charge on any atom is -0.481 e. The molecule has 0 aliphatic carbocycles. The van der Waals surface area contributed by atoms with E-state index in [1.807, 2.05) is 36.4 Å². The van der Waals surface area contributed by atoms with Crippen LogP contribution in [0.25, 0.3) is 12.2 Å². The molecule has 2 aromatic carbocycles. The fraction of sp³-hybridized carbons (Fsp3) is 0.353. The Kier molecular flexibility index (Phi) is 15.7. The van der Waals surface area contributed by atoms with Gasteiger partial charge in [-0.05, 0) is 86.1 Å². The summed E-state index contributed by atoms with van der Waals surface area (Å²) in [5.74, 6) is -2.20. The summed E-state index contributed by atoms with van der Waals surface area (Å²) in [5.41, 5.74) is 5.43. The third-order valence-electron chi connectivity index (χ3n) is 6.63. The van der Waals surface area contributed by atoms with Crippen LogP contribution in [0.2, 0.25) is 0 Å². The van der Waals surface area contributed by atoms with Crippen LogP contribution in [0.3, 0.4) is 0 Å². The first kappa shape index (κ1) is 35.2. The molecule has 0 fully saturated rings. The highest BCUT2D eigenvalue weighted by Gasteiger charge is 2.23. The quantitative estimate of drug-likeness (QED) is 0.136. The zero-order chi connectivity index (χ0) is 30.2. The van der Waals surface area contributed by atoms with Crippen molar-refractivity contribution < 1.29 is 29.0 Å². The zero-order valence-electron chi connectivity index (χ0n) is 24.8. The number of unbranched alkanes of at least 4 members (excludes halogenated alkanes) is 1. The molecule has 0 aliphatic heterocycles. The molecule has 0 radical (unpaired) electrons. The van der Waals surface area contributed by atoms with E-state index in [-0.39, 0.29) is 31.9 Å². The third kappa shape index (κ3) is 12.8. The van der Waals surface area contributed by atoms with Crippen LogP contribution in [0.15, 0.2) is 66.7 Å². The van der Waals surface area contributed by atoms with Gasteiger partial charge in [0.05, 0.1) is 24.6 Å². The van der Waals surface area contributed by atoms with E-state index in [4.69, 9.17) is 14.6 Å². The fourth-order valence-corrected chi connectivity index (χ4v) is 4.29. The summed E-state index contributed by atoms with van der Waals surface area (Å²) in [6.45, 7) is 5.06. The Labute approximate surface area is 259 Å². The van der Waals surface area contributed by atoms with Gasteiger partial charge in [-0.1, -0.05) is 55.5 Å². The highest BCUT2D eigenvalue weighted by Crippen LogP contribution is 2.13. The average Bonchev–Trinajstić information content (AvgIpc) is 3.00. The molecule has 230 valence electrons. The standard InChI is InChI=1S/C34H40N2O6.ClH/c1-3-25-14-16-26(17-15-25)9-5-6-22-41-24-30-13-8-12-29(35-30)19-18-27-10-7-11-28(23-27)33(39)36-31(20-21-32(37)38)34(40)42-4-2;/h7-8,10-19,23,31H,3-6,9,20-22,24H2,1-2H3,(H,36,39)(H,37,38);1H/b19-18+;/t31-;/m0./s1. The number of amides is 1. The van der Waals surface area contributed by atoms with Crippen LogP contribution in [0.4, 0.5) is 0 Å². The number of carboxylic acid groups (broad SMARTS) is 1. The molecular weight excluding hydrogens is 568 g/mol. The maximum absolute atomic E-state index is 12.8. The van der Waals surface area contributed by atoms with Gasteiger partial charge in [0, 0.05) is 18.6 Å². The van der Waals surface area contributed by atoms with Crippen molar-refractivity contribution in [3.05, 3.63) is 100 Å². The molecule has 8 nitrogen and oxygen atoms in total. The SMILES string of the molecule is CCOC(=O)[C@H](CCC(=O)O)NC(=O)c1cccc(/C=C/c2cccc(COCCCCc3ccc(CC)cc3)n2)c1.Cl. The molecule has 0 bridgehead atoms. The van der Waals surface area contributed by atoms with Gasteiger partial charge in [0.1, 0.15) is 6.04 Å². The zero-order valence-corrected chi connectivity index (χ0v) is 25.6. The third-order valence-corrected chi connectivity index (χ3v) is 6.63. The molecule has 1 aromatic heterocycles. The number of carbonyl (C=O) groups is 3. The van der Waals surface area contributed by atoms with Gasteiger partial charge in [0.25, 0.3) is 5.91 Å². The molecular formula is C34H41ClN2O6. The molecule has 9 heteroatoms. The smallest absolute Gasteiger partial charge is 0.328 e. The Morgan fingerprint density at radius 3 is 2.42 bits per heavy atom. The fourth-order valence-electron chi connectivity index (χ4n) is 4.29. The number of nitrogens with zero attached hydrogens (tertiary/aromatic N) is 1. The van der Waals surface area contributed by atoms with Gasteiger partial charge in [0.2, 0.25) is 0 Å². The van der Waals surface area contributed by atoms with Crippen LogP contribution >= 0.6 is 12.4 Å². The van der Waals surface area contributed by atoms with Crippen LogP contribution in [-0.2, 0) is 38.5 Å². The first-order chi connectivity index (χ1) is 20.4. The summed E-state index contributed by atoms with van der Waals surface area (Å²) >= 11 is 0. The summed E-state index contributed by atoms with van der Waals surface area (Å²) in [5, 5.41) is 11.6. The Bertz CT molecular complexity index is 1340. The highest BCUT2D eigenvalue weighted by atomic mass is 35.5. The highest BCUT2D eigenvalue weighted by molar-refractivity contribution is 5.97. The number of esters is 1. The van der Waals surface area contributed by atoms with E-state index in [9.17, 15) is 14.4 Å². The van der Waals surface area contributed by atoms with E-state index < -0.39 is 23.9 Å². The van der Waals surface area contributed by atoms with Crippen molar-refractivity contribution in [1.29, 1.82) is 0 Å². The number of nitrogens with one attached hydrogen (secondary N) is 1. The Hall–Kier alpha value is -4.01. The van der Waals surface area contributed by atoms with E-state index in [2.05, 4.69) is 41.5 Å². The lowest BCUT2D eigenvalue weighted by atomic mass is 10.1. The number of ether oxygens (including phenoxy) is 2. The lowest BCUT2D eigenvalue weighted by molar-refractivity contribution is -0.146. The number of carboxylic acids is 1. The topological polar surface area (TPSA) is 115 Å². The number of aliphatic carboxylic acids is 1. The van der Waals surface area contributed by atoms with E-state index in [1.54, 1.807) is 25.1 Å². The predicted octanol–water partition coefficient (Wildman–Crippen LogP) is 6.30. The van der Waals surface area contributed by atoms with Crippen molar-refractivity contribution in [2.24, 2.45) is 0 Å². The van der Waals surface area contributed by atoms with Crippen LogP contribution in [0.5, 0.6) is 0 Å².